The van der Waals surface area contributed by atoms with Gasteiger partial charge in [-0.25, -0.2) is 0 Å². The van der Waals surface area contributed by atoms with Gasteiger partial charge in [-0.2, -0.15) is 5.26 Å². The van der Waals surface area contributed by atoms with Crippen LogP contribution in [0.5, 0.6) is 0 Å². The van der Waals surface area contributed by atoms with Gasteiger partial charge in [0, 0.05) is 18.5 Å². The number of nitrogens with one attached hydrogen (secondary N) is 1. The van der Waals surface area contributed by atoms with E-state index >= 15 is 0 Å². The van der Waals surface area contributed by atoms with Crippen LogP contribution < -0.4 is 5.32 Å². The standard InChI is InChI=1S/C17H24N2/c1-14-6-4-7-15(10-14)16(2,3)12-19-13-17(11-18)8-5-9-17/h4,6-7,10,19H,5,8-9,12-13H2,1-3H3. The van der Waals surface area contributed by atoms with Crippen molar-refractivity contribution in [2.24, 2.45) is 5.41 Å². The van der Waals surface area contributed by atoms with E-state index in [1.165, 1.54) is 17.5 Å². The third kappa shape index (κ3) is 3.16. The molecular weight excluding hydrogens is 232 g/mol. The van der Waals surface area contributed by atoms with Gasteiger partial charge in [-0.1, -0.05) is 50.1 Å². The molecule has 0 heterocycles. The minimum Gasteiger partial charge on any atom is -0.314 e. The van der Waals surface area contributed by atoms with Gasteiger partial charge in [0.15, 0.2) is 0 Å². The Morgan fingerprint density at radius 1 is 1.37 bits per heavy atom. The summed E-state index contributed by atoms with van der Waals surface area (Å²) in [5, 5.41) is 12.7. The molecule has 0 spiro atoms. The first-order valence-electron chi connectivity index (χ1n) is 7.17. The first kappa shape index (κ1) is 14.1. The summed E-state index contributed by atoms with van der Waals surface area (Å²) >= 11 is 0. The number of hydrogen-bond donors (Lipinski definition) is 1. The minimum atomic E-state index is -0.0807. The molecule has 1 aliphatic carbocycles. The monoisotopic (exact) mass is 256 g/mol. The second-order valence-corrected chi connectivity index (χ2v) is 6.60. The molecule has 1 fully saturated rings. The highest BCUT2D eigenvalue weighted by molar-refractivity contribution is 5.28. The van der Waals surface area contributed by atoms with E-state index < -0.39 is 0 Å². The Bertz CT molecular complexity index is 478. The van der Waals surface area contributed by atoms with Crippen LogP contribution in [0.25, 0.3) is 0 Å². The molecule has 2 rings (SSSR count). The maximum atomic E-state index is 9.23. The van der Waals surface area contributed by atoms with Gasteiger partial charge in [-0.15, -0.1) is 0 Å². The van der Waals surface area contributed by atoms with Crippen molar-refractivity contribution in [1.82, 2.24) is 5.32 Å². The SMILES string of the molecule is Cc1cccc(C(C)(C)CNCC2(C#N)CCC2)c1. The highest BCUT2D eigenvalue weighted by Crippen LogP contribution is 2.39. The third-order valence-electron chi connectivity index (χ3n) is 4.38. The summed E-state index contributed by atoms with van der Waals surface area (Å²) < 4.78 is 0. The van der Waals surface area contributed by atoms with E-state index in [0.717, 1.165) is 25.9 Å². The molecule has 1 aliphatic rings. The molecule has 1 aromatic rings. The van der Waals surface area contributed by atoms with Crippen LogP contribution in [0.15, 0.2) is 24.3 Å². The van der Waals surface area contributed by atoms with E-state index in [1.54, 1.807) is 0 Å². The van der Waals surface area contributed by atoms with Crippen molar-refractivity contribution in [3.8, 4) is 6.07 Å². The Labute approximate surface area is 116 Å². The normalized spacial score (nSPS) is 17.6. The van der Waals surface area contributed by atoms with Crippen molar-refractivity contribution in [3.63, 3.8) is 0 Å². The van der Waals surface area contributed by atoms with Crippen molar-refractivity contribution in [1.29, 1.82) is 5.26 Å². The van der Waals surface area contributed by atoms with Crippen LogP contribution in [0.1, 0.15) is 44.2 Å². The lowest BCUT2D eigenvalue weighted by Crippen LogP contribution is -2.43. The van der Waals surface area contributed by atoms with Crippen LogP contribution in [-0.2, 0) is 5.41 Å². The predicted molar refractivity (Wildman–Crippen MR) is 79.0 cm³/mol. The maximum absolute atomic E-state index is 9.23. The Hall–Kier alpha value is -1.33. The van der Waals surface area contributed by atoms with Gasteiger partial charge >= 0.3 is 0 Å². The van der Waals surface area contributed by atoms with E-state index in [2.05, 4.69) is 56.4 Å². The van der Waals surface area contributed by atoms with E-state index in [0.29, 0.717) is 0 Å². The van der Waals surface area contributed by atoms with Crippen molar-refractivity contribution >= 4 is 0 Å². The summed E-state index contributed by atoms with van der Waals surface area (Å²) in [7, 11) is 0. The fraction of sp³-hybridized carbons (Fsp3) is 0.588. The Morgan fingerprint density at radius 2 is 2.11 bits per heavy atom. The van der Waals surface area contributed by atoms with Crippen molar-refractivity contribution in [3.05, 3.63) is 35.4 Å². The summed E-state index contributed by atoms with van der Waals surface area (Å²) in [4.78, 5) is 0. The van der Waals surface area contributed by atoms with E-state index in [9.17, 15) is 5.26 Å². The first-order chi connectivity index (χ1) is 8.97. The summed E-state index contributed by atoms with van der Waals surface area (Å²) in [5.74, 6) is 0. The predicted octanol–water partition coefficient (Wildman–Crippen LogP) is 3.56. The van der Waals surface area contributed by atoms with Crippen molar-refractivity contribution in [2.75, 3.05) is 13.1 Å². The van der Waals surface area contributed by atoms with Crippen LogP contribution in [0.4, 0.5) is 0 Å². The molecule has 0 aliphatic heterocycles. The molecule has 0 amide bonds. The molecule has 1 aromatic carbocycles. The third-order valence-corrected chi connectivity index (χ3v) is 4.38. The summed E-state index contributed by atoms with van der Waals surface area (Å²) in [6.45, 7) is 8.40. The highest BCUT2D eigenvalue weighted by atomic mass is 14.9. The van der Waals surface area contributed by atoms with Gasteiger partial charge < -0.3 is 5.32 Å². The summed E-state index contributed by atoms with van der Waals surface area (Å²) in [5.41, 5.74) is 2.69. The van der Waals surface area contributed by atoms with Crippen LogP contribution >= 0.6 is 0 Å². The maximum Gasteiger partial charge on any atom is 0.0703 e. The Kier molecular flexibility index (Phi) is 3.96. The molecule has 2 heteroatoms. The van der Waals surface area contributed by atoms with Gasteiger partial charge in [0.05, 0.1) is 11.5 Å². The number of nitriles is 1. The van der Waals surface area contributed by atoms with Crippen molar-refractivity contribution < 1.29 is 0 Å². The minimum absolute atomic E-state index is 0.0807. The zero-order chi connectivity index (χ0) is 13.9. The quantitative estimate of drug-likeness (QED) is 0.874. The smallest absolute Gasteiger partial charge is 0.0703 e. The van der Waals surface area contributed by atoms with Gasteiger partial charge in [-0.3, -0.25) is 0 Å². The van der Waals surface area contributed by atoms with E-state index in [-0.39, 0.29) is 10.8 Å². The zero-order valence-corrected chi connectivity index (χ0v) is 12.3. The van der Waals surface area contributed by atoms with Gasteiger partial charge in [0.1, 0.15) is 0 Å². The number of aryl methyl sites for hydroxylation is 1. The molecule has 0 aromatic heterocycles. The Morgan fingerprint density at radius 3 is 2.63 bits per heavy atom. The lowest BCUT2D eigenvalue weighted by molar-refractivity contribution is 0.203. The van der Waals surface area contributed by atoms with E-state index in [4.69, 9.17) is 0 Å². The highest BCUT2D eigenvalue weighted by Gasteiger charge is 2.37. The van der Waals surface area contributed by atoms with E-state index in [1.807, 2.05) is 0 Å². The summed E-state index contributed by atoms with van der Waals surface area (Å²) in [6, 6.07) is 11.2. The van der Waals surface area contributed by atoms with Crippen LogP contribution in [-0.4, -0.2) is 13.1 Å². The lowest BCUT2D eigenvalue weighted by Gasteiger charge is -2.36. The van der Waals surface area contributed by atoms with Crippen LogP contribution in [0.3, 0.4) is 0 Å². The number of nitrogens with zero attached hydrogens (tertiary/aromatic N) is 1. The fourth-order valence-electron chi connectivity index (χ4n) is 2.71. The number of hydrogen-bond acceptors (Lipinski definition) is 2. The zero-order valence-electron chi connectivity index (χ0n) is 12.3. The van der Waals surface area contributed by atoms with Gasteiger partial charge in [-0.05, 0) is 25.3 Å². The van der Waals surface area contributed by atoms with Crippen LogP contribution in [0, 0.1) is 23.7 Å². The second-order valence-electron chi connectivity index (χ2n) is 6.60. The average molecular weight is 256 g/mol. The average Bonchev–Trinajstić information content (AvgIpc) is 2.32. The molecule has 0 unspecified atom stereocenters. The number of rotatable bonds is 5. The molecule has 2 nitrogen and oxygen atoms in total. The molecule has 1 N–H and O–H groups in total. The lowest BCUT2D eigenvalue weighted by atomic mass is 9.70. The topological polar surface area (TPSA) is 35.8 Å². The fourth-order valence-corrected chi connectivity index (χ4v) is 2.71. The molecular formula is C17H24N2. The van der Waals surface area contributed by atoms with Gasteiger partial charge in [0.2, 0.25) is 0 Å². The van der Waals surface area contributed by atoms with Crippen LogP contribution in [0.2, 0.25) is 0 Å². The number of benzene rings is 1. The molecule has 0 atom stereocenters. The first-order valence-corrected chi connectivity index (χ1v) is 7.17. The summed E-state index contributed by atoms with van der Waals surface area (Å²) in [6.07, 6.45) is 3.32. The second kappa shape index (κ2) is 5.35. The van der Waals surface area contributed by atoms with Crippen molar-refractivity contribution in [2.45, 2.75) is 45.4 Å². The Balaban J connectivity index is 1.93. The molecule has 0 bridgehead atoms. The molecule has 0 radical (unpaired) electrons. The molecule has 19 heavy (non-hydrogen) atoms. The molecule has 102 valence electrons. The molecule has 1 saturated carbocycles. The largest absolute Gasteiger partial charge is 0.314 e. The molecule has 0 saturated heterocycles. The van der Waals surface area contributed by atoms with Gasteiger partial charge in [0.25, 0.3) is 0 Å².